The highest BCUT2D eigenvalue weighted by atomic mass is 16.4. The number of carbonyl (C=O) groups is 1. The molecular weight excluding hydrogens is 168 g/mol. The fourth-order valence-electron chi connectivity index (χ4n) is 1.02. The van der Waals surface area contributed by atoms with Gasteiger partial charge in [0, 0.05) is 18.3 Å². The van der Waals surface area contributed by atoms with Crippen LogP contribution in [-0.4, -0.2) is 21.0 Å². The van der Waals surface area contributed by atoms with Crippen LogP contribution in [0.1, 0.15) is 37.7 Å². The molecule has 4 heteroatoms. The molecule has 0 fully saturated rings. The van der Waals surface area contributed by atoms with Crippen molar-refractivity contribution in [3.63, 3.8) is 0 Å². The van der Waals surface area contributed by atoms with Crippen LogP contribution < -0.4 is 0 Å². The molecular formula is C9H14N2O2. The third-order valence-electron chi connectivity index (χ3n) is 1.85. The Morgan fingerprint density at radius 2 is 2.38 bits per heavy atom. The van der Waals surface area contributed by atoms with Crippen molar-refractivity contribution >= 4 is 5.97 Å². The molecule has 0 aliphatic heterocycles. The number of aromatic nitrogens is 2. The minimum atomic E-state index is -0.789. The van der Waals surface area contributed by atoms with E-state index in [-0.39, 0.29) is 6.42 Å². The van der Waals surface area contributed by atoms with Gasteiger partial charge in [-0.2, -0.15) is 0 Å². The first-order valence-corrected chi connectivity index (χ1v) is 4.35. The lowest BCUT2D eigenvalue weighted by molar-refractivity contribution is -0.137. The second-order valence-electron chi connectivity index (χ2n) is 3.33. The zero-order valence-corrected chi connectivity index (χ0v) is 7.87. The van der Waals surface area contributed by atoms with E-state index in [0.29, 0.717) is 12.3 Å². The molecule has 0 bridgehead atoms. The lowest BCUT2D eigenvalue weighted by atomic mass is 10.2. The summed E-state index contributed by atoms with van der Waals surface area (Å²) in [5.74, 6) is 0.375. The predicted octanol–water partition coefficient (Wildman–Crippen LogP) is 1.55. The summed E-state index contributed by atoms with van der Waals surface area (Å²) in [5.41, 5.74) is 1.06. The van der Waals surface area contributed by atoms with Gasteiger partial charge < -0.3 is 10.1 Å². The number of hydrogen-bond donors (Lipinski definition) is 2. The lowest BCUT2D eigenvalue weighted by Gasteiger charge is -1.98. The monoisotopic (exact) mass is 182 g/mol. The molecule has 1 rings (SSSR count). The summed E-state index contributed by atoms with van der Waals surface area (Å²) in [4.78, 5) is 17.5. The van der Waals surface area contributed by atoms with Crippen LogP contribution in [-0.2, 0) is 11.2 Å². The topological polar surface area (TPSA) is 66.0 Å². The van der Waals surface area contributed by atoms with Gasteiger partial charge in [-0.05, 0) is 5.92 Å². The summed E-state index contributed by atoms with van der Waals surface area (Å²) >= 11 is 0. The third-order valence-corrected chi connectivity index (χ3v) is 1.85. The van der Waals surface area contributed by atoms with E-state index in [9.17, 15) is 4.79 Å². The molecule has 4 nitrogen and oxygen atoms in total. The van der Waals surface area contributed by atoms with E-state index < -0.39 is 5.97 Å². The molecule has 0 saturated carbocycles. The Morgan fingerprint density at radius 3 is 2.85 bits per heavy atom. The second-order valence-corrected chi connectivity index (χ2v) is 3.33. The zero-order chi connectivity index (χ0) is 9.84. The Morgan fingerprint density at radius 1 is 1.69 bits per heavy atom. The summed E-state index contributed by atoms with van der Waals surface area (Å²) in [6.45, 7) is 4.13. The average molecular weight is 182 g/mol. The number of H-pyrrole nitrogens is 1. The maximum atomic E-state index is 10.3. The maximum Gasteiger partial charge on any atom is 0.303 e. The predicted molar refractivity (Wildman–Crippen MR) is 48.6 cm³/mol. The summed E-state index contributed by atoms with van der Waals surface area (Å²) in [7, 11) is 0. The van der Waals surface area contributed by atoms with Crippen molar-refractivity contribution in [3.8, 4) is 0 Å². The third kappa shape index (κ3) is 2.89. The molecule has 0 aliphatic rings. The molecule has 0 radical (unpaired) electrons. The molecule has 0 unspecified atom stereocenters. The highest BCUT2D eigenvalue weighted by molar-refractivity contribution is 5.66. The van der Waals surface area contributed by atoms with Crippen LogP contribution >= 0.6 is 0 Å². The molecule has 1 aromatic heterocycles. The van der Waals surface area contributed by atoms with E-state index >= 15 is 0 Å². The van der Waals surface area contributed by atoms with Crippen LogP contribution in [0.3, 0.4) is 0 Å². The molecule has 0 atom stereocenters. The van der Waals surface area contributed by atoms with E-state index in [1.165, 1.54) is 0 Å². The van der Waals surface area contributed by atoms with Gasteiger partial charge in [0.2, 0.25) is 0 Å². The summed E-state index contributed by atoms with van der Waals surface area (Å²) in [5, 5.41) is 8.45. The Labute approximate surface area is 77.0 Å². The highest BCUT2D eigenvalue weighted by Crippen LogP contribution is 2.11. The van der Waals surface area contributed by atoms with Crippen molar-refractivity contribution in [2.75, 3.05) is 0 Å². The molecule has 0 amide bonds. The zero-order valence-electron chi connectivity index (χ0n) is 7.87. The van der Waals surface area contributed by atoms with Crippen molar-refractivity contribution in [3.05, 3.63) is 17.7 Å². The number of hydrogen-bond acceptors (Lipinski definition) is 2. The van der Waals surface area contributed by atoms with Gasteiger partial charge in [-0.3, -0.25) is 4.79 Å². The van der Waals surface area contributed by atoms with Gasteiger partial charge in [0.1, 0.15) is 5.82 Å². The van der Waals surface area contributed by atoms with Gasteiger partial charge in [0.15, 0.2) is 0 Å². The van der Waals surface area contributed by atoms with E-state index in [0.717, 1.165) is 11.5 Å². The molecule has 0 spiro atoms. The molecule has 2 N–H and O–H groups in total. The average Bonchev–Trinajstić information content (AvgIpc) is 2.48. The van der Waals surface area contributed by atoms with Crippen LogP contribution in [0, 0.1) is 0 Å². The number of aromatic amines is 1. The minimum absolute atomic E-state index is 0.130. The number of rotatable bonds is 4. The maximum absolute atomic E-state index is 10.3. The molecule has 0 saturated heterocycles. The van der Waals surface area contributed by atoms with Crippen molar-refractivity contribution in [1.82, 2.24) is 9.97 Å². The van der Waals surface area contributed by atoms with Gasteiger partial charge in [-0.15, -0.1) is 0 Å². The first-order chi connectivity index (χ1) is 6.09. The molecule has 1 aromatic rings. The number of nitrogens with zero attached hydrogens (tertiary/aromatic N) is 1. The summed E-state index contributed by atoms with van der Waals surface area (Å²) in [6, 6.07) is 0. The van der Waals surface area contributed by atoms with Gasteiger partial charge in [0.05, 0.1) is 6.42 Å². The molecule has 72 valence electrons. The Bertz CT molecular complexity index is 292. The van der Waals surface area contributed by atoms with Crippen LogP contribution in [0.25, 0.3) is 0 Å². The van der Waals surface area contributed by atoms with E-state index in [1.54, 1.807) is 6.20 Å². The van der Waals surface area contributed by atoms with Crippen LogP contribution in [0.4, 0.5) is 0 Å². The standard InChI is InChI=1S/C9H14N2O2/c1-6(2)7-5-10-8(11-7)3-4-9(12)13/h5-6H,3-4H2,1-2H3,(H,10,11)(H,12,13). The Hall–Kier alpha value is -1.32. The number of carboxylic acid groups (broad SMARTS) is 1. The molecule has 13 heavy (non-hydrogen) atoms. The van der Waals surface area contributed by atoms with Crippen molar-refractivity contribution in [2.24, 2.45) is 0 Å². The normalized spacial score (nSPS) is 10.7. The lowest BCUT2D eigenvalue weighted by Crippen LogP contribution is -1.99. The van der Waals surface area contributed by atoms with Crippen molar-refractivity contribution in [2.45, 2.75) is 32.6 Å². The van der Waals surface area contributed by atoms with Crippen molar-refractivity contribution in [1.29, 1.82) is 0 Å². The molecule has 0 aliphatic carbocycles. The number of aryl methyl sites for hydroxylation is 1. The minimum Gasteiger partial charge on any atom is -0.481 e. The van der Waals surface area contributed by atoms with Crippen molar-refractivity contribution < 1.29 is 9.90 Å². The second kappa shape index (κ2) is 4.07. The van der Waals surface area contributed by atoms with E-state index in [4.69, 9.17) is 5.11 Å². The largest absolute Gasteiger partial charge is 0.481 e. The summed E-state index contributed by atoms with van der Waals surface area (Å²) < 4.78 is 0. The fourth-order valence-corrected chi connectivity index (χ4v) is 1.02. The van der Waals surface area contributed by atoms with E-state index in [1.807, 2.05) is 0 Å². The number of nitrogens with one attached hydrogen (secondary N) is 1. The smallest absolute Gasteiger partial charge is 0.303 e. The quantitative estimate of drug-likeness (QED) is 0.742. The van der Waals surface area contributed by atoms with Crippen LogP contribution in [0.2, 0.25) is 0 Å². The van der Waals surface area contributed by atoms with Gasteiger partial charge in [-0.1, -0.05) is 13.8 Å². The summed E-state index contributed by atoms with van der Waals surface area (Å²) in [6.07, 6.45) is 2.37. The molecule has 1 heterocycles. The number of imidazole rings is 1. The highest BCUT2D eigenvalue weighted by Gasteiger charge is 2.05. The molecule has 0 aromatic carbocycles. The fraction of sp³-hybridized carbons (Fsp3) is 0.556. The van der Waals surface area contributed by atoms with Crippen LogP contribution in [0.5, 0.6) is 0 Å². The first-order valence-electron chi connectivity index (χ1n) is 4.35. The van der Waals surface area contributed by atoms with Gasteiger partial charge in [0.25, 0.3) is 0 Å². The van der Waals surface area contributed by atoms with Gasteiger partial charge in [-0.25, -0.2) is 4.98 Å². The Kier molecular flexibility index (Phi) is 3.06. The Balaban J connectivity index is 2.54. The first kappa shape index (κ1) is 9.77. The number of aliphatic carboxylic acids is 1. The SMILES string of the molecule is CC(C)c1cnc(CCC(=O)O)[nH]1. The van der Waals surface area contributed by atoms with E-state index in [2.05, 4.69) is 23.8 Å². The number of carboxylic acids is 1. The van der Waals surface area contributed by atoms with Gasteiger partial charge >= 0.3 is 5.97 Å². The van der Waals surface area contributed by atoms with Crippen LogP contribution in [0.15, 0.2) is 6.20 Å².